The topological polar surface area (TPSA) is 69.6 Å². The molecule has 120 valence electrons. The minimum Gasteiger partial charge on any atom is -0.389 e. The summed E-state index contributed by atoms with van der Waals surface area (Å²) in [5.74, 6) is 0. The molecule has 0 aliphatic rings. The van der Waals surface area contributed by atoms with E-state index in [0.29, 0.717) is 26.1 Å². The van der Waals surface area contributed by atoms with Gasteiger partial charge in [0.2, 0.25) is 10.0 Å². The zero-order valence-corrected chi connectivity index (χ0v) is 14.1. The molecule has 0 radical (unpaired) electrons. The lowest BCUT2D eigenvalue weighted by Gasteiger charge is -2.27. The predicted octanol–water partition coefficient (Wildman–Crippen LogP) is 1.37. The molecule has 5 nitrogen and oxygen atoms in total. The highest BCUT2D eigenvalue weighted by Crippen LogP contribution is 2.11. The Kier molecular flexibility index (Phi) is 6.34. The lowest BCUT2D eigenvalue weighted by molar-refractivity contribution is 0.0243. The standard InChI is InChI=1S/C15H26N2O3S/c1-5-15(3,18)12-17(4)11-10-16-21(19,20)14-8-6-13(2)7-9-14/h6-9,16,18H,5,10-12H2,1-4H3. The van der Waals surface area contributed by atoms with Crippen LogP contribution in [0.25, 0.3) is 0 Å². The van der Waals surface area contributed by atoms with E-state index in [1.54, 1.807) is 31.2 Å². The molecule has 21 heavy (non-hydrogen) atoms. The number of aliphatic hydroxyl groups is 1. The summed E-state index contributed by atoms with van der Waals surface area (Å²) in [6.07, 6.45) is 0.659. The maximum Gasteiger partial charge on any atom is 0.240 e. The van der Waals surface area contributed by atoms with Gasteiger partial charge in [0.1, 0.15) is 0 Å². The molecule has 1 atom stereocenters. The largest absolute Gasteiger partial charge is 0.389 e. The predicted molar refractivity (Wildman–Crippen MR) is 84.8 cm³/mol. The van der Waals surface area contributed by atoms with E-state index >= 15 is 0 Å². The van der Waals surface area contributed by atoms with Crippen LogP contribution in [0.2, 0.25) is 0 Å². The van der Waals surface area contributed by atoms with E-state index in [1.165, 1.54) is 0 Å². The van der Waals surface area contributed by atoms with Crippen LogP contribution in [0.1, 0.15) is 25.8 Å². The SMILES string of the molecule is CCC(C)(O)CN(C)CCNS(=O)(=O)c1ccc(C)cc1. The van der Waals surface area contributed by atoms with E-state index in [4.69, 9.17) is 0 Å². The number of aryl methyl sites for hydroxylation is 1. The molecular weight excluding hydrogens is 288 g/mol. The Bertz CT molecular complexity index is 539. The summed E-state index contributed by atoms with van der Waals surface area (Å²) < 4.78 is 26.8. The number of nitrogens with one attached hydrogen (secondary N) is 1. The summed E-state index contributed by atoms with van der Waals surface area (Å²) in [7, 11) is -1.60. The van der Waals surface area contributed by atoms with Gasteiger partial charge in [0.05, 0.1) is 10.5 Å². The fourth-order valence-corrected chi connectivity index (χ4v) is 2.97. The van der Waals surface area contributed by atoms with Crippen molar-refractivity contribution in [1.29, 1.82) is 0 Å². The molecule has 6 heteroatoms. The third kappa shape index (κ3) is 6.13. The Hall–Kier alpha value is -0.950. The second-order valence-electron chi connectivity index (χ2n) is 5.80. The minimum atomic E-state index is -3.46. The van der Waals surface area contributed by atoms with Gasteiger partial charge in [0.25, 0.3) is 0 Å². The highest BCUT2D eigenvalue weighted by atomic mass is 32.2. The van der Waals surface area contributed by atoms with Crippen molar-refractivity contribution in [3.63, 3.8) is 0 Å². The third-order valence-corrected chi connectivity index (χ3v) is 4.97. The van der Waals surface area contributed by atoms with Crippen molar-refractivity contribution >= 4 is 10.0 Å². The first-order chi connectivity index (χ1) is 9.66. The van der Waals surface area contributed by atoms with Gasteiger partial charge in [-0.05, 0) is 39.4 Å². The van der Waals surface area contributed by atoms with Gasteiger partial charge in [0, 0.05) is 19.6 Å². The normalized spacial score (nSPS) is 15.1. The van der Waals surface area contributed by atoms with Gasteiger partial charge in [-0.1, -0.05) is 24.6 Å². The Morgan fingerprint density at radius 3 is 2.38 bits per heavy atom. The summed E-state index contributed by atoms with van der Waals surface area (Å²) >= 11 is 0. The summed E-state index contributed by atoms with van der Waals surface area (Å²) in [4.78, 5) is 2.19. The smallest absolute Gasteiger partial charge is 0.240 e. The van der Waals surface area contributed by atoms with Crippen LogP contribution in [0.3, 0.4) is 0 Å². The zero-order valence-electron chi connectivity index (χ0n) is 13.3. The Morgan fingerprint density at radius 1 is 1.29 bits per heavy atom. The van der Waals surface area contributed by atoms with E-state index in [-0.39, 0.29) is 4.90 Å². The summed E-state index contributed by atoms with van der Waals surface area (Å²) in [6, 6.07) is 6.75. The van der Waals surface area contributed by atoms with Crippen molar-refractivity contribution in [3.05, 3.63) is 29.8 Å². The van der Waals surface area contributed by atoms with Crippen molar-refractivity contribution in [2.45, 2.75) is 37.7 Å². The van der Waals surface area contributed by atoms with Crippen LogP contribution in [0.15, 0.2) is 29.2 Å². The number of hydrogen-bond acceptors (Lipinski definition) is 4. The monoisotopic (exact) mass is 314 g/mol. The van der Waals surface area contributed by atoms with Crippen LogP contribution in [-0.4, -0.2) is 50.7 Å². The first kappa shape index (κ1) is 18.1. The number of nitrogens with zero attached hydrogens (tertiary/aromatic N) is 1. The number of benzene rings is 1. The molecule has 1 aromatic carbocycles. The van der Waals surface area contributed by atoms with Gasteiger partial charge in [-0.25, -0.2) is 13.1 Å². The average Bonchev–Trinajstić information content (AvgIpc) is 2.38. The molecular formula is C15H26N2O3S. The molecule has 0 saturated carbocycles. The quantitative estimate of drug-likeness (QED) is 0.760. The number of hydrogen-bond donors (Lipinski definition) is 2. The van der Waals surface area contributed by atoms with Crippen LogP contribution >= 0.6 is 0 Å². The van der Waals surface area contributed by atoms with E-state index in [2.05, 4.69) is 4.72 Å². The van der Waals surface area contributed by atoms with Crippen LogP contribution in [-0.2, 0) is 10.0 Å². The summed E-state index contributed by atoms with van der Waals surface area (Å²) in [6.45, 7) is 6.98. The second-order valence-corrected chi connectivity index (χ2v) is 7.57. The molecule has 0 saturated heterocycles. The van der Waals surface area contributed by atoms with Gasteiger partial charge < -0.3 is 10.0 Å². The van der Waals surface area contributed by atoms with Crippen molar-refractivity contribution < 1.29 is 13.5 Å². The zero-order chi connectivity index (χ0) is 16.1. The Balaban J connectivity index is 2.49. The fraction of sp³-hybridized carbons (Fsp3) is 0.600. The fourth-order valence-electron chi connectivity index (χ4n) is 1.94. The molecule has 1 unspecified atom stereocenters. The molecule has 1 rings (SSSR count). The number of rotatable bonds is 8. The van der Waals surface area contributed by atoms with Gasteiger partial charge in [-0.2, -0.15) is 0 Å². The van der Waals surface area contributed by atoms with E-state index in [0.717, 1.165) is 5.56 Å². The summed E-state index contributed by atoms with van der Waals surface area (Å²) in [5.41, 5.74) is 0.278. The molecule has 0 fully saturated rings. The molecule has 0 spiro atoms. The molecule has 0 aliphatic carbocycles. The van der Waals surface area contributed by atoms with Crippen LogP contribution in [0.5, 0.6) is 0 Å². The average molecular weight is 314 g/mol. The first-order valence-electron chi connectivity index (χ1n) is 7.13. The second kappa shape index (κ2) is 7.35. The molecule has 0 aliphatic heterocycles. The van der Waals surface area contributed by atoms with Crippen molar-refractivity contribution in [2.24, 2.45) is 0 Å². The molecule has 0 aromatic heterocycles. The van der Waals surface area contributed by atoms with E-state index in [1.807, 2.05) is 25.8 Å². The van der Waals surface area contributed by atoms with Crippen molar-refractivity contribution in [2.75, 3.05) is 26.7 Å². The van der Waals surface area contributed by atoms with Crippen molar-refractivity contribution in [1.82, 2.24) is 9.62 Å². The Morgan fingerprint density at radius 2 is 1.86 bits per heavy atom. The lowest BCUT2D eigenvalue weighted by Crippen LogP contribution is -2.41. The highest BCUT2D eigenvalue weighted by molar-refractivity contribution is 7.89. The van der Waals surface area contributed by atoms with E-state index in [9.17, 15) is 13.5 Å². The van der Waals surface area contributed by atoms with Gasteiger partial charge in [0.15, 0.2) is 0 Å². The highest BCUT2D eigenvalue weighted by Gasteiger charge is 2.20. The van der Waals surface area contributed by atoms with E-state index < -0.39 is 15.6 Å². The Labute approximate surface area is 128 Å². The molecule has 1 aromatic rings. The van der Waals surface area contributed by atoms with Crippen molar-refractivity contribution in [3.8, 4) is 0 Å². The van der Waals surface area contributed by atoms with Crippen LogP contribution in [0.4, 0.5) is 0 Å². The van der Waals surface area contributed by atoms with Gasteiger partial charge >= 0.3 is 0 Å². The molecule has 2 N–H and O–H groups in total. The number of sulfonamides is 1. The number of likely N-dealkylation sites (N-methyl/N-ethyl adjacent to an activating group) is 1. The first-order valence-corrected chi connectivity index (χ1v) is 8.62. The minimum absolute atomic E-state index is 0.274. The third-order valence-electron chi connectivity index (χ3n) is 3.49. The molecule has 0 bridgehead atoms. The van der Waals surface area contributed by atoms with Gasteiger partial charge in [-0.3, -0.25) is 0 Å². The molecule has 0 heterocycles. The van der Waals surface area contributed by atoms with Crippen LogP contribution in [0, 0.1) is 6.92 Å². The molecule has 0 amide bonds. The maximum atomic E-state index is 12.1. The summed E-state index contributed by atoms with van der Waals surface area (Å²) in [5, 5.41) is 9.98. The van der Waals surface area contributed by atoms with Gasteiger partial charge in [-0.15, -0.1) is 0 Å². The lowest BCUT2D eigenvalue weighted by atomic mass is 10.0. The van der Waals surface area contributed by atoms with Crippen LogP contribution < -0.4 is 4.72 Å². The maximum absolute atomic E-state index is 12.1.